The topological polar surface area (TPSA) is 34.9 Å². The molecule has 1 aromatic heterocycles. The van der Waals surface area contributed by atoms with Crippen LogP contribution in [0.2, 0.25) is 0 Å². The summed E-state index contributed by atoms with van der Waals surface area (Å²) in [6.45, 7) is 0. The molecule has 88 valence electrons. The molecule has 0 unspecified atom stereocenters. The van der Waals surface area contributed by atoms with Crippen LogP contribution in [-0.2, 0) is 13.5 Å². The molecule has 1 aromatic carbocycles. The first kappa shape index (κ1) is 12.5. The Morgan fingerprint density at radius 3 is 2.47 bits per heavy atom. The number of rotatable bonds is 3. The van der Waals surface area contributed by atoms with Crippen molar-refractivity contribution in [1.82, 2.24) is 9.78 Å². The van der Waals surface area contributed by atoms with E-state index in [2.05, 4.69) is 37.0 Å². The average Bonchev–Trinajstić information content (AvgIpc) is 2.62. The maximum Gasteiger partial charge on any atom is 0.167 e. The highest BCUT2D eigenvalue weighted by molar-refractivity contribution is 9.11. The van der Waals surface area contributed by atoms with Crippen molar-refractivity contribution in [2.45, 2.75) is 6.42 Å². The van der Waals surface area contributed by atoms with E-state index in [4.69, 9.17) is 0 Å². The minimum Gasteiger partial charge on any atom is -0.294 e. The fraction of sp³-hybridized carbons (Fsp3) is 0.167. The summed E-state index contributed by atoms with van der Waals surface area (Å²) in [6.07, 6.45) is 3.94. The Labute approximate surface area is 116 Å². The number of carbonyl (C=O) groups excluding carboxylic acids is 1. The zero-order valence-electron chi connectivity index (χ0n) is 9.15. The highest BCUT2D eigenvalue weighted by Crippen LogP contribution is 2.21. The summed E-state index contributed by atoms with van der Waals surface area (Å²) in [5.74, 6) is 0.0833. The predicted molar refractivity (Wildman–Crippen MR) is 73.1 cm³/mol. The Balaban J connectivity index is 2.19. The average molecular weight is 358 g/mol. The number of Topliss-reactive ketones (excluding diaryl/α,β-unsaturated/α-hetero) is 1. The van der Waals surface area contributed by atoms with Gasteiger partial charge < -0.3 is 0 Å². The lowest BCUT2D eigenvalue weighted by Gasteiger charge is -2.01. The van der Waals surface area contributed by atoms with Crippen LogP contribution < -0.4 is 0 Å². The van der Waals surface area contributed by atoms with Crippen LogP contribution in [0.5, 0.6) is 0 Å². The number of hydrogen-bond acceptors (Lipinski definition) is 2. The van der Waals surface area contributed by atoms with E-state index < -0.39 is 0 Å². The van der Waals surface area contributed by atoms with Crippen molar-refractivity contribution in [2.24, 2.45) is 7.05 Å². The summed E-state index contributed by atoms with van der Waals surface area (Å²) in [7, 11) is 1.84. The summed E-state index contributed by atoms with van der Waals surface area (Å²) in [6, 6.07) is 5.55. The maximum atomic E-state index is 12.0. The van der Waals surface area contributed by atoms with Gasteiger partial charge in [-0.2, -0.15) is 5.10 Å². The number of carbonyl (C=O) groups is 1. The van der Waals surface area contributed by atoms with Gasteiger partial charge in [0.15, 0.2) is 5.78 Å². The molecule has 0 amide bonds. The molecule has 0 fully saturated rings. The molecule has 2 aromatic rings. The minimum absolute atomic E-state index is 0.0833. The summed E-state index contributed by atoms with van der Waals surface area (Å²) in [5, 5.41) is 4.04. The SMILES string of the molecule is Cn1cc(CC(=O)c2cc(Br)cc(Br)c2)cn1. The lowest BCUT2D eigenvalue weighted by Crippen LogP contribution is -2.03. The standard InChI is InChI=1S/C12H10Br2N2O/c1-16-7-8(6-15-16)2-12(17)9-3-10(13)5-11(14)4-9/h3-7H,2H2,1H3. The van der Waals surface area contributed by atoms with E-state index in [-0.39, 0.29) is 5.78 Å². The third-order valence-electron chi connectivity index (χ3n) is 2.31. The Morgan fingerprint density at radius 1 is 1.29 bits per heavy atom. The third-order valence-corrected chi connectivity index (χ3v) is 3.22. The van der Waals surface area contributed by atoms with Crippen LogP contribution >= 0.6 is 31.9 Å². The van der Waals surface area contributed by atoms with Gasteiger partial charge >= 0.3 is 0 Å². The molecule has 0 saturated carbocycles. The zero-order valence-corrected chi connectivity index (χ0v) is 12.3. The van der Waals surface area contributed by atoms with E-state index in [1.54, 1.807) is 10.9 Å². The molecule has 0 aliphatic carbocycles. The maximum absolute atomic E-state index is 12.0. The Hall–Kier alpha value is -0.940. The van der Waals surface area contributed by atoms with E-state index in [1.165, 1.54) is 0 Å². The van der Waals surface area contributed by atoms with Crippen LogP contribution in [0.4, 0.5) is 0 Å². The van der Waals surface area contributed by atoms with Crippen molar-refractivity contribution in [3.8, 4) is 0 Å². The van der Waals surface area contributed by atoms with Crippen LogP contribution in [0.3, 0.4) is 0 Å². The Bertz CT molecular complexity index is 543. The van der Waals surface area contributed by atoms with Crippen LogP contribution in [0, 0.1) is 0 Å². The second kappa shape index (κ2) is 5.14. The first-order chi connectivity index (χ1) is 8.04. The van der Waals surface area contributed by atoms with Gasteiger partial charge in [0.05, 0.1) is 6.20 Å². The minimum atomic E-state index is 0.0833. The second-order valence-electron chi connectivity index (χ2n) is 3.78. The Kier molecular flexibility index (Phi) is 3.79. The van der Waals surface area contributed by atoms with E-state index in [1.807, 2.05) is 31.4 Å². The van der Waals surface area contributed by atoms with Gasteiger partial charge in [0.1, 0.15) is 0 Å². The second-order valence-corrected chi connectivity index (χ2v) is 5.61. The van der Waals surface area contributed by atoms with Gasteiger partial charge in [0.2, 0.25) is 0 Å². The molecule has 0 aliphatic rings. The monoisotopic (exact) mass is 356 g/mol. The number of aromatic nitrogens is 2. The number of ketones is 1. The smallest absolute Gasteiger partial charge is 0.167 e. The number of hydrogen-bond donors (Lipinski definition) is 0. The molecule has 0 aliphatic heterocycles. The van der Waals surface area contributed by atoms with Gasteiger partial charge in [-0.15, -0.1) is 0 Å². The molecule has 1 heterocycles. The highest BCUT2D eigenvalue weighted by Gasteiger charge is 2.09. The molecule has 5 heteroatoms. The molecular weight excluding hydrogens is 348 g/mol. The van der Waals surface area contributed by atoms with E-state index in [0.29, 0.717) is 12.0 Å². The molecule has 0 saturated heterocycles. The summed E-state index contributed by atoms with van der Waals surface area (Å²) in [4.78, 5) is 12.0. The van der Waals surface area contributed by atoms with Crippen molar-refractivity contribution >= 4 is 37.6 Å². The normalized spacial score (nSPS) is 10.5. The summed E-state index contributed by atoms with van der Waals surface area (Å²) in [5.41, 5.74) is 1.61. The largest absolute Gasteiger partial charge is 0.294 e. The number of nitrogens with zero attached hydrogens (tertiary/aromatic N) is 2. The van der Waals surface area contributed by atoms with E-state index in [9.17, 15) is 4.79 Å². The van der Waals surface area contributed by atoms with Gasteiger partial charge in [0, 0.05) is 34.2 Å². The number of halogens is 2. The highest BCUT2D eigenvalue weighted by atomic mass is 79.9. The molecule has 0 atom stereocenters. The molecule has 0 radical (unpaired) electrons. The number of aryl methyl sites for hydroxylation is 1. The van der Waals surface area contributed by atoms with Gasteiger partial charge in [-0.3, -0.25) is 9.48 Å². The molecule has 17 heavy (non-hydrogen) atoms. The number of benzene rings is 1. The lowest BCUT2D eigenvalue weighted by atomic mass is 10.1. The first-order valence-corrected chi connectivity index (χ1v) is 6.60. The summed E-state index contributed by atoms with van der Waals surface area (Å²) >= 11 is 6.74. The Morgan fingerprint density at radius 2 is 1.94 bits per heavy atom. The van der Waals surface area contributed by atoms with Crippen molar-refractivity contribution in [2.75, 3.05) is 0 Å². The van der Waals surface area contributed by atoms with Crippen molar-refractivity contribution < 1.29 is 4.79 Å². The van der Waals surface area contributed by atoms with E-state index in [0.717, 1.165) is 14.5 Å². The van der Waals surface area contributed by atoms with Crippen LogP contribution in [0.15, 0.2) is 39.5 Å². The van der Waals surface area contributed by atoms with Gasteiger partial charge in [0.25, 0.3) is 0 Å². The molecule has 0 spiro atoms. The fourth-order valence-corrected chi connectivity index (χ4v) is 2.86. The molecule has 0 bridgehead atoms. The lowest BCUT2D eigenvalue weighted by molar-refractivity contribution is 0.0993. The quantitative estimate of drug-likeness (QED) is 0.789. The van der Waals surface area contributed by atoms with Gasteiger partial charge in [-0.25, -0.2) is 0 Å². The van der Waals surface area contributed by atoms with Crippen LogP contribution in [0.25, 0.3) is 0 Å². The molecular formula is C12H10Br2N2O. The van der Waals surface area contributed by atoms with Crippen molar-refractivity contribution in [3.63, 3.8) is 0 Å². The van der Waals surface area contributed by atoms with E-state index >= 15 is 0 Å². The van der Waals surface area contributed by atoms with Gasteiger partial charge in [-0.05, 0) is 23.8 Å². The fourth-order valence-electron chi connectivity index (χ4n) is 1.57. The molecule has 3 nitrogen and oxygen atoms in total. The molecule has 0 N–H and O–H groups in total. The third kappa shape index (κ3) is 3.26. The summed E-state index contributed by atoms with van der Waals surface area (Å²) < 4.78 is 3.47. The first-order valence-electron chi connectivity index (χ1n) is 5.01. The zero-order chi connectivity index (χ0) is 12.4. The predicted octanol–water partition coefficient (Wildman–Crippen LogP) is 3.37. The van der Waals surface area contributed by atoms with Crippen molar-refractivity contribution in [1.29, 1.82) is 0 Å². The van der Waals surface area contributed by atoms with Crippen molar-refractivity contribution in [3.05, 3.63) is 50.7 Å². The van der Waals surface area contributed by atoms with Crippen LogP contribution in [0.1, 0.15) is 15.9 Å². The molecule has 2 rings (SSSR count). The van der Waals surface area contributed by atoms with Crippen LogP contribution in [-0.4, -0.2) is 15.6 Å². The van der Waals surface area contributed by atoms with Gasteiger partial charge in [-0.1, -0.05) is 31.9 Å².